The number of anilines is 1. The quantitative estimate of drug-likeness (QED) is 0.753. The van der Waals surface area contributed by atoms with Crippen LogP contribution in [0.15, 0.2) is 55.5 Å². The fourth-order valence-electron chi connectivity index (χ4n) is 2.17. The molecule has 0 radical (unpaired) electrons. The van der Waals surface area contributed by atoms with Crippen LogP contribution in [-0.2, 0) is 11.3 Å². The number of benzene rings is 1. The molecule has 0 aliphatic carbocycles. The van der Waals surface area contributed by atoms with Crippen molar-refractivity contribution in [2.45, 2.75) is 6.54 Å². The first kappa shape index (κ1) is 13.9. The summed E-state index contributed by atoms with van der Waals surface area (Å²) < 4.78 is 15.5. The topological polar surface area (TPSA) is 59.8 Å². The van der Waals surface area contributed by atoms with Crippen molar-refractivity contribution < 1.29 is 9.18 Å². The van der Waals surface area contributed by atoms with Crippen molar-refractivity contribution in [1.82, 2.24) is 14.8 Å². The first-order valence-electron chi connectivity index (χ1n) is 6.65. The van der Waals surface area contributed by atoms with Crippen LogP contribution in [0.4, 0.5) is 10.1 Å². The summed E-state index contributed by atoms with van der Waals surface area (Å²) >= 11 is 0. The van der Waals surface area contributed by atoms with Gasteiger partial charge in [0.25, 0.3) is 0 Å². The lowest BCUT2D eigenvalue weighted by atomic mass is 10.2. The SMILES string of the molecule is C=CC(=O)Nc1cc(Cn2ncc3ccncc32)ccc1F. The minimum absolute atomic E-state index is 0.122. The van der Waals surface area contributed by atoms with Gasteiger partial charge in [0.05, 0.1) is 30.1 Å². The predicted molar refractivity (Wildman–Crippen MR) is 81.9 cm³/mol. The van der Waals surface area contributed by atoms with Crippen molar-refractivity contribution in [3.05, 3.63) is 66.9 Å². The van der Waals surface area contributed by atoms with Crippen molar-refractivity contribution >= 4 is 22.5 Å². The number of amides is 1. The molecule has 1 N–H and O–H groups in total. The van der Waals surface area contributed by atoms with Gasteiger partial charge in [-0.25, -0.2) is 4.39 Å². The number of carbonyl (C=O) groups is 1. The molecular formula is C16H13FN4O. The van der Waals surface area contributed by atoms with Gasteiger partial charge in [-0.15, -0.1) is 0 Å². The van der Waals surface area contributed by atoms with Gasteiger partial charge in [-0.1, -0.05) is 12.6 Å². The standard InChI is InChI=1S/C16H13FN4O/c1-2-16(22)20-14-7-11(3-4-13(14)17)10-21-15-9-18-6-5-12(15)8-19-21/h2-9H,1,10H2,(H,20,22). The molecule has 0 unspecified atom stereocenters. The van der Waals surface area contributed by atoms with Crippen LogP contribution in [-0.4, -0.2) is 20.7 Å². The molecule has 1 amide bonds. The smallest absolute Gasteiger partial charge is 0.247 e. The predicted octanol–water partition coefficient (Wildman–Crippen LogP) is 2.74. The number of nitrogens with one attached hydrogen (secondary N) is 1. The molecule has 0 saturated carbocycles. The van der Waals surface area contributed by atoms with Gasteiger partial charge in [-0.3, -0.25) is 14.5 Å². The molecule has 1 aromatic carbocycles. The minimum atomic E-state index is -0.494. The minimum Gasteiger partial charge on any atom is -0.320 e. The lowest BCUT2D eigenvalue weighted by Crippen LogP contribution is -2.10. The molecule has 0 spiro atoms. The van der Waals surface area contributed by atoms with Gasteiger partial charge >= 0.3 is 0 Å². The van der Waals surface area contributed by atoms with E-state index in [2.05, 4.69) is 22.0 Å². The van der Waals surface area contributed by atoms with E-state index in [-0.39, 0.29) is 5.69 Å². The van der Waals surface area contributed by atoms with Crippen molar-refractivity contribution in [2.75, 3.05) is 5.32 Å². The van der Waals surface area contributed by atoms with Crippen molar-refractivity contribution in [3.63, 3.8) is 0 Å². The Labute approximate surface area is 126 Å². The van der Waals surface area contributed by atoms with E-state index in [4.69, 9.17) is 0 Å². The zero-order valence-corrected chi connectivity index (χ0v) is 11.7. The van der Waals surface area contributed by atoms with E-state index >= 15 is 0 Å². The molecule has 0 bridgehead atoms. The summed E-state index contributed by atoms with van der Waals surface area (Å²) in [5.74, 6) is -0.948. The maximum absolute atomic E-state index is 13.7. The highest BCUT2D eigenvalue weighted by molar-refractivity contribution is 5.99. The van der Waals surface area contributed by atoms with Crippen LogP contribution in [0.5, 0.6) is 0 Å². The van der Waals surface area contributed by atoms with Crippen LogP contribution in [0, 0.1) is 5.82 Å². The second-order valence-electron chi connectivity index (χ2n) is 4.74. The van der Waals surface area contributed by atoms with Crippen LogP contribution in [0.1, 0.15) is 5.56 Å². The van der Waals surface area contributed by atoms with E-state index in [1.807, 2.05) is 6.07 Å². The molecule has 5 nitrogen and oxygen atoms in total. The number of pyridine rings is 1. The summed E-state index contributed by atoms with van der Waals surface area (Å²) in [7, 11) is 0. The molecule has 0 fully saturated rings. The molecule has 0 aliphatic rings. The molecule has 3 rings (SSSR count). The number of nitrogens with zero attached hydrogens (tertiary/aromatic N) is 3. The third kappa shape index (κ3) is 2.71. The van der Waals surface area contributed by atoms with Crippen LogP contribution in [0.25, 0.3) is 10.9 Å². The summed E-state index contributed by atoms with van der Waals surface area (Å²) in [6.45, 7) is 3.80. The number of halogens is 1. The van der Waals surface area contributed by atoms with Crippen molar-refractivity contribution in [1.29, 1.82) is 0 Å². The molecule has 0 saturated heterocycles. The summed E-state index contributed by atoms with van der Waals surface area (Å²) in [6, 6.07) is 6.43. The normalized spacial score (nSPS) is 10.6. The van der Waals surface area contributed by atoms with Gasteiger partial charge in [0.2, 0.25) is 5.91 Å². The third-order valence-corrected chi connectivity index (χ3v) is 3.25. The summed E-state index contributed by atoms with van der Waals surface area (Å²) in [5, 5.41) is 7.73. The van der Waals surface area contributed by atoms with Gasteiger partial charge in [0, 0.05) is 11.6 Å². The fourth-order valence-corrected chi connectivity index (χ4v) is 2.17. The molecule has 3 aromatic rings. The lowest BCUT2D eigenvalue weighted by molar-refractivity contribution is -0.111. The lowest BCUT2D eigenvalue weighted by Gasteiger charge is -2.08. The highest BCUT2D eigenvalue weighted by Crippen LogP contribution is 2.19. The van der Waals surface area contributed by atoms with Crippen LogP contribution in [0.2, 0.25) is 0 Å². The third-order valence-electron chi connectivity index (χ3n) is 3.25. The maximum Gasteiger partial charge on any atom is 0.247 e. The number of hydrogen-bond acceptors (Lipinski definition) is 3. The van der Waals surface area contributed by atoms with Gasteiger partial charge in [-0.2, -0.15) is 5.10 Å². The first-order chi connectivity index (χ1) is 10.7. The Morgan fingerprint density at radius 3 is 3.05 bits per heavy atom. The molecule has 0 aliphatic heterocycles. The van der Waals surface area contributed by atoms with Crippen LogP contribution < -0.4 is 5.32 Å². The van der Waals surface area contributed by atoms with Gasteiger partial charge < -0.3 is 5.32 Å². The van der Waals surface area contributed by atoms with Gasteiger partial charge in [0.1, 0.15) is 5.82 Å². The number of fused-ring (bicyclic) bond motifs is 1. The Bertz CT molecular complexity index is 856. The Morgan fingerprint density at radius 2 is 2.23 bits per heavy atom. The zero-order valence-electron chi connectivity index (χ0n) is 11.7. The Balaban J connectivity index is 1.90. The van der Waals surface area contributed by atoms with E-state index < -0.39 is 11.7 Å². The maximum atomic E-state index is 13.7. The number of rotatable bonds is 4. The number of aromatic nitrogens is 3. The van der Waals surface area contributed by atoms with Gasteiger partial charge in [-0.05, 0) is 29.8 Å². The summed E-state index contributed by atoms with van der Waals surface area (Å²) in [4.78, 5) is 15.4. The summed E-state index contributed by atoms with van der Waals surface area (Å²) in [5.41, 5.74) is 1.83. The van der Waals surface area contributed by atoms with E-state index in [0.29, 0.717) is 6.54 Å². The second-order valence-corrected chi connectivity index (χ2v) is 4.74. The van der Waals surface area contributed by atoms with Crippen LogP contribution in [0.3, 0.4) is 0 Å². The Kier molecular flexibility index (Phi) is 3.65. The molecule has 22 heavy (non-hydrogen) atoms. The highest BCUT2D eigenvalue weighted by atomic mass is 19.1. The number of carbonyl (C=O) groups excluding carboxylic acids is 1. The first-order valence-corrected chi connectivity index (χ1v) is 6.65. The average Bonchev–Trinajstić information content (AvgIpc) is 2.94. The zero-order chi connectivity index (χ0) is 15.5. The molecule has 2 heterocycles. The molecule has 6 heteroatoms. The second kappa shape index (κ2) is 5.77. The van der Waals surface area contributed by atoms with E-state index in [9.17, 15) is 9.18 Å². The highest BCUT2D eigenvalue weighted by Gasteiger charge is 2.08. The largest absolute Gasteiger partial charge is 0.320 e. The molecule has 0 atom stereocenters. The van der Waals surface area contributed by atoms with E-state index in [1.165, 1.54) is 6.07 Å². The van der Waals surface area contributed by atoms with Crippen molar-refractivity contribution in [2.24, 2.45) is 0 Å². The summed E-state index contributed by atoms with van der Waals surface area (Å²) in [6.07, 6.45) is 6.28. The molecular weight excluding hydrogens is 283 g/mol. The monoisotopic (exact) mass is 296 g/mol. The molecule has 2 aromatic heterocycles. The van der Waals surface area contributed by atoms with Gasteiger partial charge in [0.15, 0.2) is 0 Å². The van der Waals surface area contributed by atoms with E-state index in [1.54, 1.807) is 35.4 Å². The average molecular weight is 296 g/mol. The molecule has 110 valence electrons. The Morgan fingerprint density at radius 1 is 1.36 bits per heavy atom. The fraction of sp³-hybridized carbons (Fsp3) is 0.0625. The Hall–Kier alpha value is -3.02. The van der Waals surface area contributed by atoms with Crippen LogP contribution >= 0.6 is 0 Å². The number of hydrogen-bond donors (Lipinski definition) is 1. The van der Waals surface area contributed by atoms with Crippen molar-refractivity contribution in [3.8, 4) is 0 Å². The van der Waals surface area contributed by atoms with E-state index in [0.717, 1.165) is 22.5 Å².